The molecule has 5 heterocycles. The average molecular weight is 602 g/mol. The number of phenols is 1. The van der Waals surface area contributed by atoms with Crippen molar-refractivity contribution in [3.8, 4) is 17.4 Å². The third-order valence-electron chi connectivity index (χ3n) is 9.77. The summed E-state index contributed by atoms with van der Waals surface area (Å²) in [4.78, 5) is 28.1. The number of hydrogen-bond donors (Lipinski definition) is 2. The highest BCUT2D eigenvalue weighted by molar-refractivity contribution is 5.95. The second kappa shape index (κ2) is 10.7. The van der Waals surface area contributed by atoms with Crippen molar-refractivity contribution in [1.29, 1.82) is 0 Å². The van der Waals surface area contributed by atoms with Crippen LogP contribution in [0.5, 0.6) is 11.8 Å². The smallest absolute Gasteiger partial charge is 0.319 e. The summed E-state index contributed by atoms with van der Waals surface area (Å²) >= 11 is 0. The summed E-state index contributed by atoms with van der Waals surface area (Å²) in [5, 5.41) is 20.2. The fraction of sp³-hybridized carbons (Fsp3) is 0.515. The lowest BCUT2D eigenvalue weighted by molar-refractivity contribution is 0.170. The van der Waals surface area contributed by atoms with Gasteiger partial charge in [-0.15, -0.1) is 0 Å². The Bertz CT molecular complexity index is 1900. The van der Waals surface area contributed by atoms with Gasteiger partial charge in [-0.25, -0.2) is 4.39 Å². The number of aromatic hydroxyl groups is 1. The van der Waals surface area contributed by atoms with Crippen molar-refractivity contribution in [2.24, 2.45) is 5.41 Å². The first-order valence-corrected chi connectivity index (χ1v) is 15.8. The van der Waals surface area contributed by atoms with Crippen molar-refractivity contribution in [3.63, 3.8) is 0 Å². The minimum Gasteiger partial charge on any atom is -0.508 e. The fourth-order valence-electron chi connectivity index (χ4n) is 7.37. The molecule has 4 aromatic rings. The average Bonchev–Trinajstić information content (AvgIpc) is 3.51. The first-order valence-electron chi connectivity index (χ1n) is 16.8. The van der Waals surface area contributed by atoms with Crippen molar-refractivity contribution < 1.29 is 17.0 Å². The number of nitrogens with one attached hydrogen (secondary N) is 1. The molecule has 4 fully saturated rings. The number of piperazine rings is 1. The molecule has 2 aromatic heterocycles. The maximum atomic E-state index is 15.0. The summed E-state index contributed by atoms with van der Waals surface area (Å²) in [5.41, 5.74) is -0.596. The van der Waals surface area contributed by atoms with E-state index in [2.05, 4.69) is 25.2 Å². The number of aryl methyl sites for hydroxylation is 1. The summed E-state index contributed by atoms with van der Waals surface area (Å²) in [6, 6.07) is 6.24. The number of anilines is 1. The lowest BCUT2D eigenvalue weighted by atomic mass is 10.00. The van der Waals surface area contributed by atoms with Crippen LogP contribution in [0.25, 0.3) is 27.4 Å². The van der Waals surface area contributed by atoms with E-state index in [9.17, 15) is 14.3 Å². The van der Waals surface area contributed by atoms with Crippen LogP contribution in [0, 0.1) is 11.2 Å². The van der Waals surface area contributed by atoms with Gasteiger partial charge in [0.05, 0.1) is 26.6 Å². The van der Waals surface area contributed by atoms with E-state index in [1.807, 2.05) is 6.92 Å². The van der Waals surface area contributed by atoms with E-state index in [1.165, 1.54) is 24.4 Å². The molecule has 3 saturated heterocycles. The number of benzene rings is 2. The molecule has 4 aliphatic rings. The summed E-state index contributed by atoms with van der Waals surface area (Å²) in [6.07, 6.45) is 7.63. The van der Waals surface area contributed by atoms with Crippen LogP contribution < -0.4 is 20.5 Å². The molecule has 0 radical (unpaired) electrons. The summed E-state index contributed by atoms with van der Waals surface area (Å²) < 4.78 is 40.3. The van der Waals surface area contributed by atoms with Gasteiger partial charge >= 0.3 is 6.01 Å². The summed E-state index contributed by atoms with van der Waals surface area (Å²) in [7, 11) is 0. The maximum Gasteiger partial charge on any atom is 0.319 e. The van der Waals surface area contributed by atoms with Crippen molar-refractivity contribution >= 4 is 27.5 Å². The van der Waals surface area contributed by atoms with E-state index in [-0.39, 0.29) is 35.0 Å². The number of phenolic OH excluding ortho intramolecular Hbond substituents is 1. The van der Waals surface area contributed by atoms with E-state index in [1.54, 1.807) is 6.07 Å². The van der Waals surface area contributed by atoms with E-state index in [0.29, 0.717) is 66.4 Å². The van der Waals surface area contributed by atoms with E-state index in [0.717, 1.165) is 43.5 Å². The molecule has 2 aromatic carbocycles. The first kappa shape index (κ1) is 25.5. The zero-order valence-corrected chi connectivity index (χ0v) is 24.9. The fourth-order valence-corrected chi connectivity index (χ4v) is 7.37. The first-order chi connectivity index (χ1) is 22.1. The Labute approximate surface area is 257 Å². The number of fused-ring (bicyclic) bond motifs is 4. The molecule has 0 amide bonds. The van der Waals surface area contributed by atoms with E-state index >= 15 is 0 Å². The van der Waals surface area contributed by atoms with Gasteiger partial charge in [0.2, 0.25) is 0 Å². The predicted molar refractivity (Wildman–Crippen MR) is 166 cm³/mol. The minimum atomic E-state index is -2.05. The number of aromatic nitrogens is 4. The van der Waals surface area contributed by atoms with Crippen molar-refractivity contribution in [2.45, 2.75) is 64.0 Å². The Morgan fingerprint density at radius 1 is 1.16 bits per heavy atom. The van der Waals surface area contributed by atoms with Crippen LogP contribution in [-0.4, -0.2) is 81.1 Å². The van der Waals surface area contributed by atoms with Gasteiger partial charge in [-0.2, -0.15) is 19.7 Å². The molecule has 1 aliphatic carbocycles. The number of hydrogen-bond acceptors (Lipinski definition) is 9. The largest absolute Gasteiger partial charge is 0.508 e. The van der Waals surface area contributed by atoms with Gasteiger partial charge in [0.25, 0.3) is 5.56 Å². The van der Waals surface area contributed by atoms with E-state index < -0.39 is 23.4 Å². The third-order valence-corrected chi connectivity index (χ3v) is 9.77. The van der Waals surface area contributed by atoms with Gasteiger partial charge in [0, 0.05) is 48.6 Å². The number of likely N-dealkylation sites (tertiary alicyclic amines) is 1. The molecular weight excluding hydrogens is 561 g/mol. The molecule has 1 saturated carbocycles. The van der Waals surface area contributed by atoms with Crippen LogP contribution in [0.3, 0.4) is 0 Å². The van der Waals surface area contributed by atoms with Gasteiger partial charge in [0.1, 0.15) is 22.9 Å². The van der Waals surface area contributed by atoms with Gasteiger partial charge in [-0.05, 0) is 81.1 Å². The normalized spacial score (nSPS) is 23.7. The van der Waals surface area contributed by atoms with Gasteiger partial charge in [-0.3, -0.25) is 4.79 Å². The second-order valence-corrected chi connectivity index (χ2v) is 12.9. The van der Waals surface area contributed by atoms with Crippen molar-refractivity contribution in [3.05, 3.63) is 52.2 Å². The van der Waals surface area contributed by atoms with Crippen LogP contribution in [-0.2, 0) is 6.42 Å². The highest BCUT2D eigenvalue weighted by Gasteiger charge is 2.45. The Kier molecular flexibility index (Phi) is 6.18. The molecule has 0 unspecified atom stereocenters. The Morgan fingerprint density at radius 3 is 2.66 bits per heavy atom. The Balaban J connectivity index is 1.27. The quantitative estimate of drug-likeness (QED) is 0.311. The maximum absolute atomic E-state index is 15.0. The SMILES string of the molecule is [2H]C([2H])(Oc1nc(N2C[C@H]3CC[C@@H](C2)N3)c2cnn(-c3cc(O)cc4ccc(F)c(CC)c34)c(=O)c2n1)C1(CN2CCCC2)CC1. The van der Waals surface area contributed by atoms with E-state index in [4.69, 9.17) is 12.5 Å². The minimum absolute atomic E-state index is 0.0204. The molecule has 44 heavy (non-hydrogen) atoms. The monoisotopic (exact) mass is 601 g/mol. The lowest BCUT2D eigenvalue weighted by Crippen LogP contribution is -2.51. The van der Waals surface area contributed by atoms with Crippen LogP contribution in [0.1, 0.15) is 53.8 Å². The van der Waals surface area contributed by atoms with Gasteiger partial charge in [-0.1, -0.05) is 13.0 Å². The molecule has 3 aliphatic heterocycles. The molecule has 8 rings (SSSR count). The van der Waals surface area contributed by atoms with Crippen molar-refractivity contribution in [1.82, 2.24) is 30.0 Å². The highest BCUT2D eigenvalue weighted by atomic mass is 19.1. The standard InChI is InChI=1S/C33H38FN7O3/c1-2-24-26(34)8-5-20-13-23(42)14-27(28(20)24)41-31(43)29-25(15-35-41)30(40-16-21-6-7-22(17-40)36-21)38-32(37-29)44-19-33(9-10-33)18-39-11-3-4-12-39/h5,8,13-15,21-22,36,42H,2-4,6-7,9-12,16-19H2,1H3/t21-,22+/i19D2. The molecule has 230 valence electrons. The molecular formula is C33H38FN7O3. The van der Waals surface area contributed by atoms with Crippen molar-refractivity contribution in [2.75, 3.05) is 44.2 Å². The van der Waals surface area contributed by atoms with Gasteiger partial charge < -0.3 is 25.0 Å². The van der Waals surface area contributed by atoms with Crippen LogP contribution in [0.4, 0.5) is 10.2 Å². The van der Waals surface area contributed by atoms with Gasteiger partial charge in [0.15, 0.2) is 0 Å². The zero-order chi connectivity index (χ0) is 31.8. The number of rotatable bonds is 8. The topological polar surface area (TPSA) is 109 Å². The van der Waals surface area contributed by atoms with Crippen LogP contribution in [0.15, 0.2) is 35.3 Å². The summed E-state index contributed by atoms with van der Waals surface area (Å²) in [6.45, 7) is 3.66. The lowest BCUT2D eigenvalue weighted by Gasteiger charge is -2.34. The predicted octanol–water partition coefficient (Wildman–Crippen LogP) is 3.93. The number of nitrogens with zero attached hydrogens (tertiary/aromatic N) is 6. The zero-order valence-electron chi connectivity index (χ0n) is 26.9. The number of halogens is 1. The molecule has 10 nitrogen and oxygen atoms in total. The Hall–Kier alpha value is -3.83. The third kappa shape index (κ3) is 4.86. The second-order valence-electron chi connectivity index (χ2n) is 12.9. The summed E-state index contributed by atoms with van der Waals surface area (Å²) in [5.74, 6) is -0.0134. The van der Waals surface area contributed by atoms with Crippen LogP contribution in [0.2, 0.25) is 0 Å². The molecule has 2 N–H and O–H groups in total. The van der Waals surface area contributed by atoms with Crippen LogP contribution >= 0.6 is 0 Å². The highest BCUT2D eigenvalue weighted by Crippen LogP contribution is 2.47. The number of ether oxygens (including phenoxy) is 1. The molecule has 2 bridgehead atoms. The molecule has 2 atom stereocenters. The molecule has 11 heteroatoms. The molecule has 0 spiro atoms. The Morgan fingerprint density at radius 2 is 1.93 bits per heavy atom.